The summed E-state index contributed by atoms with van der Waals surface area (Å²) in [7, 11) is 0. The minimum absolute atomic E-state index is 0.737. The molecule has 2 aromatic carbocycles. The highest BCUT2D eigenvalue weighted by Gasteiger charge is 1.96. The fraction of sp³-hybridized carbons (Fsp3) is 0.333. The molecule has 2 rings (SSSR count). The van der Waals surface area contributed by atoms with Crippen LogP contribution < -0.4 is 10.1 Å². The van der Waals surface area contributed by atoms with Gasteiger partial charge in [0.15, 0.2) is 0 Å². The monoisotopic (exact) mass is 269 g/mol. The van der Waals surface area contributed by atoms with Crippen LogP contribution in [0.3, 0.4) is 0 Å². The number of anilines is 1. The van der Waals surface area contributed by atoms with Gasteiger partial charge >= 0.3 is 0 Å². The minimum Gasteiger partial charge on any atom is -0.494 e. The van der Waals surface area contributed by atoms with Crippen molar-refractivity contribution in [2.45, 2.75) is 27.2 Å². The highest BCUT2D eigenvalue weighted by atomic mass is 16.5. The van der Waals surface area contributed by atoms with Gasteiger partial charge in [-0.2, -0.15) is 0 Å². The van der Waals surface area contributed by atoms with E-state index in [1.807, 2.05) is 12.1 Å². The van der Waals surface area contributed by atoms with Crippen LogP contribution >= 0.6 is 0 Å². The summed E-state index contributed by atoms with van der Waals surface area (Å²) in [6.45, 7) is 8.02. The largest absolute Gasteiger partial charge is 0.494 e. The van der Waals surface area contributed by atoms with Gasteiger partial charge in [-0.25, -0.2) is 0 Å². The first-order valence-electron chi connectivity index (χ1n) is 7.16. The van der Waals surface area contributed by atoms with Gasteiger partial charge in [-0.1, -0.05) is 23.8 Å². The number of hydrogen-bond donors (Lipinski definition) is 1. The van der Waals surface area contributed by atoms with Crippen LogP contribution in [-0.4, -0.2) is 13.2 Å². The summed E-state index contributed by atoms with van der Waals surface area (Å²) in [6, 6.07) is 14.7. The molecule has 1 N–H and O–H groups in total. The molecule has 106 valence electrons. The zero-order valence-electron chi connectivity index (χ0n) is 12.6. The van der Waals surface area contributed by atoms with Crippen molar-refractivity contribution < 1.29 is 4.74 Å². The molecule has 0 heterocycles. The Balaban J connectivity index is 1.68. The molecular weight excluding hydrogens is 246 g/mol. The SMILES string of the molecule is Cc1ccc(OCCCNc2ccc(C)c(C)c2)cc1. The summed E-state index contributed by atoms with van der Waals surface area (Å²) < 4.78 is 5.70. The third-order valence-corrected chi connectivity index (χ3v) is 3.45. The maximum Gasteiger partial charge on any atom is 0.119 e. The summed E-state index contributed by atoms with van der Waals surface area (Å²) >= 11 is 0. The predicted molar refractivity (Wildman–Crippen MR) is 85.7 cm³/mol. The van der Waals surface area contributed by atoms with Crippen LogP contribution in [0.15, 0.2) is 42.5 Å². The van der Waals surface area contributed by atoms with Crippen LogP contribution in [0.1, 0.15) is 23.1 Å². The highest BCUT2D eigenvalue weighted by Crippen LogP contribution is 2.14. The summed E-state index contributed by atoms with van der Waals surface area (Å²) in [5, 5.41) is 3.43. The van der Waals surface area contributed by atoms with Crippen LogP contribution in [0.25, 0.3) is 0 Å². The zero-order valence-corrected chi connectivity index (χ0v) is 12.6. The Morgan fingerprint density at radius 3 is 2.35 bits per heavy atom. The number of ether oxygens (including phenoxy) is 1. The van der Waals surface area contributed by atoms with Gasteiger partial charge in [-0.3, -0.25) is 0 Å². The van der Waals surface area contributed by atoms with Crippen molar-refractivity contribution >= 4 is 5.69 Å². The molecule has 0 bridgehead atoms. The molecule has 0 unspecified atom stereocenters. The third kappa shape index (κ3) is 4.30. The molecule has 2 nitrogen and oxygen atoms in total. The van der Waals surface area contributed by atoms with Crippen molar-refractivity contribution in [3.05, 3.63) is 59.2 Å². The molecule has 2 heteroatoms. The summed E-state index contributed by atoms with van der Waals surface area (Å²) in [5.41, 5.74) is 5.10. The molecule has 0 saturated carbocycles. The van der Waals surface area contributed by atoms with Crippen LogP contribution in [-0.2, 0) is 0 Å². The second kappa shape index (κ2) is 6.99. The molecule has 0 fully saturated rings. The lowest BCUT2D eigenvalue weighted by molar-refractivity contribution is 0.315. The van der Waals surface area contributed by atoms with Crippen molar-refractivity contribution in [2.24, 2.45) is 0 Å². The fourth-order valence-electron chi connectivity index (χ4n) is 1.98. The van der Waals surface area contributed by atoms with Gasteiger partial charge in [0.05, 0.1) is 6.61 Å². The smallest absolute Gasteiger partial charge is 0.119 e. The van der Waals surface area contributed by atoms with E-state index in [9.17, 15) is 0 Å². The van der Waals surface area contributed by atoms with E-state index >= 15 is 0 Å². The maximum atomic E-state index is 5.70. The van der Waals surface area contributed by atoms with Crippen LogP contribution in [0.4, 0.5) is 5.69 Å². The Bertz CT molecular complexity index is 546. The van der Waals surface area contributed by atoms with Gasteiger partial charge in [0.2, 0.25) is 0 Å². The van der Waals surface area contributed by atoms with E-state index in [1.165, 1.54) is 22.4 Å². The number of hydrogen-bond acceptors (Lipinski definition) is 2. The van der Waals surface area contributed by atoms with Gasteiger partial charge in [-0.15, -0.1) is 0 Å². The Morgan fingerprint density at radius 2 is 1.65 bits per heavy atom. The quantitative estimate of drug-likeness (QED) is 0.780. The second-order valence-electron chi connectivity index (χ2n) is 5.24. The lowest BCUT2D eigenvalue weighted by Gasteiger charge is -2.10. The lowest BCUT2D eigenvalue weighted by atomic mass is 10.1. The summed E-state index contributed by atoms with van der Waals surface area (Å²) in [4.78, 5) is 0. The van der Waals surface area contributed by atoms with Crippen molar-refractivity contribution in [2.75, 3.05) is 18.5 Å². The topological polar surface area (TPSA) is 21.3 Å². The summed E-state index contributed by atoms with van der Waals surface area (Å²) in [6.07, 6.45) is 0.987. The van der Waals surface area contributed by atoms with Gasteiger partial charge < -0.3 is 10.1 Å². The van der Waals surface area contributed by atoms with E-state index < -0.39 is 0 Å². The molecule has 0 aliphatic carbocycles. The third-order valence-electron chi connectivity index (χ3n) is 3.45. The number of aryl methyl sites for hydroxylation is 3. The predicted octanol–water partition coefficient (Wildman–Crippen LogP) is 4.49. The molecule has 0 aliphatic rings. The normalized spacial score (nSPS) is 10.3. The van der Waals surface area contributed by atoms with Gasteiger partial charge in [-0.05, 0) is 62.6 Å². The molecule has 0 aliphatic heterocycles. The van der Waals surface area contributed by atoms with Gasteiger partial charge in [0.25, 0.3) is 0 Å². The second-order valence-corrected chi connectivity index (χ2v) is 5.24. The Hall–Kier alpha value is -1.96. The van der Waals surface area contributed by atoms with Crippen LogP contribution in [0, 0.1) is 20.8 Å². The van der Waals surface area contributed by atoms with E-state index in [0.717, 1.165) is 25.3 Å². The molecule has 0 aromatic heterocycles. The average Bonchev–Trinajstić information content (AvgIpc) is 2.44. The van der Waals surface area contributed by atoms with Crippen molar-refractivity contribution in [1.29, 1.82) is 0 Å². The van der Waals surface area contributed by atoms with E-state index in [0.29, 0.717) is 0 Å². The summed E-state index contributed by atoms with van der Waals surface area (Å²) in [5.74, 6) is 0.946. The van der Waals surface area contributed by atoms with Crippen molar-refractivity contribution in [1.82, 2.24) is 0 Å². The first-order chi connectivity index (χ1) is 9.65. The first kappa shape index (κ1) is 14.4. The zero-order chi connectivity index (χ0) is 14.4. The van der Waals surface area contributed by atoms with E-state index in [1.54, 1.807) is 0 Å². The molecule has 0 spiro atoms. The molecule has 0 atom stereocenters. The number of nitrogens with one attached hydrogen (secondary N) is 1. The number of rotatable bonds is 6. The van der Waals surface area contributed by atoms with Gasteiger partial charge in [0, 0.05) is 12.2 Å². The Morgan fingerprint density at radius 1 is 0.900 bits per heavy atom. The number of benzene rings is 2. The van der Waals surface area contributed by atoms with E-state index in [-0.39, 0.29) is 0 Å². The molecular formula is C18H23NO. The Labute approximate surface area is 121 Å². The van der Waals surface area contributed by atoms with E-state index in [4.69, 9.17) is 4.74 Å². The Kier molecular flexibility index (Phi) is 5.05. The van der Waals surface area contributed by atoms with Crippen LogP contribution in [0.5, 0.6) is 5.75 Å². The standard InChI is InChI=1S/C18H23NO/c1-14-5-9-18(10-6-14)20-12-4-11-19-17-8-7-15(2)16(3)13-17/h5-10,13,19H,4,11-12H2,1-3H3. The highest BCUT2D eigenvalue weighted by molar-refractivity contribution is 5.47. The van der Waals surface area contributed by atoms with E-state index in [2.05, 4.69) is 56.4 Å². The molecule has 0 radical (unpaired) electrons. The van der Waals surface area contributed by atoms with Crippen molar-refractivity contribution in [3.63, 3.8) is 0 Å². The lowest BCUT2D eigenvalue weighted by Crippen LogP contribution is -2.07. The van der Waals surface area contributed by atoms with Crippen molar-refractivity contribution in [3.8, 4) is 5.75 Å². The maximum absolute atomic E-state index is 5.70. The van der Waals surface area contributed by atoms with Crippen LogP contribution in [0.2, 0.25) is 0 Å². The van der Waals surface area contributed by atoms with Gasteiger partial charge in [0.1, 0.15) is 5.75 Å². The molecule has 0 amide bonds. The molecule has 2 aromatic rings. The minimum atomic E-state index is 0.737. The molecule has 0 saturated heterocycles. The first-order valence-corrected chi connectivity index (χ1v) is 7.16. The molecule has 20 heavy (non-hydrogen) atoms. The average molecular weight is 269 g/mol. The fourth-order valence-corrected chi connectivity index (χ4v) is 1.98.